The zero-order chi connectivity index (χ0) is 21.6. The fraction of sp³-hybridized carbons (Fsp3) is 0.160. The van der Waals surface area contributed by atoms with Crippen LogP contribution in [0.5, 0.6) is 0 Å². The third kappa shape index (κ3) is 3.18. The minimum atomic E-state index is -0.414. The van der Waals surface area contributed by atoms with Crippen LogP contribution >= 0.6 is 0 Å². The predicted molar refractivity (Wildman–Crippen MR) is 117 cm³/mol. The van der Waals surface area contributed by atoms with E-state index < -0.39 is 5.91 Å². The van der Waals surface area contributed by atoms with E-state index in [1.165, 1.54) is 11.0 Å². The van der Waals surface area contributed by atoms with E-state index in [9.17, 15) is 14.4 Å². The SMILES string of the molecule is Cc1ccc(N2C(=O)c3ccc(C(=O)Nc4cccc(C)c4C)cc3C2=O)c(C)c1. The Morgan fingerprint density at radius 3 is 2.27 bits per heavy atom. The average molecular weight is 398 g/mol. The van der Waals surface area contributed by atoms with E-state index in [4.69, 9.17) is 0 Å². The number of amides is 3. The second-order valence-corrected chi connectivity index (χ2v) is 7.70. The Balaban J connectivity index is 1.66. The number of carbonyl (C=O) groups is 3. The molecule has 1 N–H and O–H groups in total. The predicted octanol–water partition coefficient (Wildman–Crippen LogP) is 4.97. The number of benzene rings is 3. The molecular weight excluding hydrogens is 376 g/mol. The monoisotopic (exact) mass is 398 g/mol. The molecule has 0 saturated heterocycles. The molecule has 0 aromatic heterocycles. The summed E-state index contributed by atoms with van der Waals surface area (Å²) in [5, 5.41) is 2.89. The standard InChI is InChI=1S/C25H22N2O3/c1-14-8-11-22(16(3)12-14)27-24(29)19-10-9-18(13-20(19)25(27)30)23(28)26-21-7-5-6-15(2)17(21)4/h5-13H,1-4H3,(H,26,28). The quantitative estimate of drug-likeness (QED) is 0.633. The molecule has 1 aliphatic rings. The summed E-state index contributed by atoms with van der Waals surface area (Å²) in [4.78, 5) is 39.9. The molecule has 0 unspecified atom stereocenters. The molecule has 4 rings (SSSR count). The Morgan fingerprint density at radius 2 is 1.53 bits per heavy atom. The topological polar surface area (TPSA) is 66.5 Å². The highest BCUT2D eigenvalue weighted by Crippen LogP contribution is 2.31. The highest BCUT2D eigenvalue weighted by molar-refractivity contribution is 6.35. The number of nitrogens with one attached hydrogen (secondary N) is 1. The summed E-state index contributed by atoms with van der Waals surface area (Å²) in [5.41, 5.74) is 6.13. The molecule has 0 bridgehead atoms. The Bertz CT molecular complexity index is 1230. The summed E-state index contributed by atoms with van der Waals surface area (Å²) in [6, 6.07) is 15.9. The van der Waals surface area contributed by atoms with Gasteiger partial charge in [0.1, 0.15) is 0 Å². The van der Waals surface area contributed by atoms with Gasteiger partial charge in [0.05, 0.1) is 16.8 Å². The van der Waals surface area contributed by atoms with Gasteiger partial charge in [0.25, 0.3) is 17.7 Å². The third-order valence-electron chi connectivity index (χ3n) is 5.59. The summed E-state index contributed by atoms with van der Waals surface area (Å²) < 4.78 is 0. The number of nitrogens with zero attached hydrogens (tertiary/aromatic N) is 1. The molecule has 0 saturated carbocycles. The van der Waals surface area contributed by atoms with Crippen molar-refractivity contribution in [3.8, 4) is 0 Å². The molecule has 5 heteroatoms. The normalized spacial score (nSPS) is 12.9. The molecule has 0 fully saturated rings. The molecule has 3 amide bonds. The van der Waals surface area contributed by atoms with E-state index in [0.29, 0.717) is 16.8 Å². The summed E-state index contributed by atoms with van der Waals surface area (Å²) >= 11 is 0. The molecule has 3 aromatic rings. The van der Waals surface area contributed by atoms with Gasteiger partial charge in [-0.1, -0.05) is 29.8 Å². The molecule has 3 aromatic carbocycles. The number of rotatable bonds is 3. The number of fused-ring (bicyclic) bond motifs is 1. The van der Waals surface area contributed by atoms with Crippen molar-refractivity contribution in [3.63, 3.8) is 0 Å². The number of anilines is 2. The van der Waals surface area contributed by atoms with Crippen LogP contribution in [-0.2, 0) is 0 Å². The van der Waals surface area contributed by atoms with E-state index in [0.717, 1.165) is 27.9 Å². The van der Waals surface area contributed by atoms with Crippen molar-refractivity contribution in [1.82, 2.24) is 0 Å². The first-order valence-electron chi connectivity index (χ1n) is 9.75. The minimum Gasteiger partial charge on any atom is -0.322 e. The van der Waals surface area contributed by atoms with E-state index in [-0.39, 0.29) is 17.4 Å². The summed E-state index contributed by atoms with van der Waals surface area (Å²) in [6.45, 7) is 7.75. The lowest BCUT2D eigenvalue weighted by Crippen LogP contribution is -2.30. The molecule has 0 aliphatic carbocycles. The summed E-state index contributed by atoms with van der Waals surface area (Å²) in [6.07, 6.45) is 0. The lowest BCUT2D eigenvalue weighted by atomic mass is 10.0. The van der Waals surface area contributed by atoms with Crippen molar-refractivity contribution in [2.45, 2.75) is 27.7 Å². The van der Waals surface area contributed by atoms with Gasteiger partial charge in [-0.25, -0.2) is 4.90 Å². The molecule has 1 aliphatic heterocycles. The first-order chi connectivity index (χ1) is 14.3. The van der Waals surface area contributed by atoms with Crippen molar-refractivity contribution < 1.29 is 14.4 Å². The Kier molecular flexibility index (Phi) is 4.74. The molecule has 5 nitrogen and oxygen atoms in total. The fourth-order valence-electron chi connectivity index (χ4n) is 3.74. The van der Waals surface area contributed by atoms with Crippen LogP contribution in [0.25, 0.3) is 0 Å². The number of imide groups is 1. The lowest BCUT2D eigenvalue weighted by molar-refractivity contribution is 0.0925. The largest absolute Gasteiger partial charge is 0.322 e. The van der Waals surface area contributed by atoms with Gasteiger partial charge >= 0.3 is 0 Å². The molecule has 0 atom stereocenters. The van der Waals surface area contributed by atoms with Crippen LogP contribution in [0.1, 0.15) is 53.3 Å². The van der Waals surface area contributed by atoms with Gasteiger partial charge in [-0.15, -0.1) is 0 Å². The van der Waals surface area contributed by atoms with Crippen molar-refractivity contribution in [2.24, 2.45) is 0 Å². The molecule has 30 heavy (non-hydrogen) atoms. The first kappa shape index (κ1) is 19.6. The Hall–Kier alpha value is -3.73. The van der Waals surface area contributed by atoms with Crippen molar-refractivity contribution in [3.05, 3.63) is 93.5 Å². The highest BCUT2D eigenvalue weighted by Gasteiger charge is 2.37. The number of hydrogen-bond acceptors (Lipinski definition) is 3. The Labute approximate surface area is 175 Å². The zero-order valence-corrected chi connectivity index (χ0v) is 17.4. The molecule has 0 radical (unpaired) electrons. The van der Waals surface area contributed by atoms with Gasteiger partial charge in [-0.3, -0.25) is 14.4 Å². The maximum atomic E-state index is 13.1. The van der Waals surface area contributed by atoms with Gasteiger partial charge < -0.3 is 5.32 Å². The highest BCUT2D eigenvalue weighted by atomic mass is 16.2. The van der Waals surface area contributed by atoms with Gasteiger partial charge in [0.15, 0.2) is 0 Å². The maximum absolute atomic E-state index is 13.1. The van der Waals surface area contributed by atoms with Crippen molar-refractivity contribution in [2.75, 3.05) is 10.2 Å². The van der Waals surface area contributed by atoms with Crippen LogP contribution in [0.2, 0.25) is 0 Å². The van der Waals surface area contributed by atoms with Gasteiger partial charge in [0.2, 0.25) is 0 Å². The van der Waals surface area contributed by atoms with Gasteiger partial charge in [0, 0.05) is 11.3 Å². The van der Waals surface area contributed by atoms with Crippen LogP contribution in [-0.4, -0.2) is 17.7 Å². The number of carbonyl (C=O) groups excluding carboxylic acids is 3. The zero-order valence-electron chi connectivity index (χ0n) is 17.4. The number of aryl methyl sites for hydroxylation is 3. The Morgan fingerprint density at radius 1 is 0.800 bits per heavy atom. The fourth-order valence-corrected chi connectivity index (χ4v) is 3.74. The first-order valence-corrected chi connectivity index (χ1v) is 9.75. The van der Waals surface area contributed by atoms with Crippen molar-refractivity contribution in [1.29, 1.82) is 0 Å². The summed E-state index contributed by atoms with van der Waals surface area (Å²) in [5.74, 6) is -1.11. The molecule has 0 spiro atoms. The van der Waals surface area contributed by atoms with Crippen molar-refractivity contribution >= 4 is 29.1 Å². The van der Waals surface area contributed by atoms with Gasteiger partial charge in [-0.05, 0) is 74.7 Å². The van der Waals surface area contributed by atoms with E-state index >= 15 is 0 Å². The smallest absolute Gasteiger partial charge is 0.266 e. The van der Waals surface area contributed by atoms with E-state index in [1.54, 1.807) is 18.2 Å². The second-order valence-electron chi connectivity index (χ2n) is 7.70. The lowest BCUT2D eigenvalue weighted by Gasteiger charge is -2.16. The maximum Gasteiger partial charge on any atom is 0.266 e. The van der Waals surface area contributed by atoms with Crippen LogP contribution in [0.4, 0.5) is 11.4 Å². The van der Waals surface area contributed by atoms with Crippen LogP contribution in [0.15, 0.2) is 54.6 Å². The van der Waals surface area contributed by atoms with Crippen LogP contribution < -0.4 is 10.2 Å². The molecular formula is C25H22N2O3. The van der Waals surface area contributed by atoms with Crippen LogP contribution in [0.3, 0.4) is 0 Å². The molecule has 1 heterocycles. The molecule has 150 valence electrons. The number of hydrogen-bond donors (Lipinski definition) is 1. The van der Waals surface area contributed by atoms with E-state index in [1.807, 2.05) is 58.0 Å². The van der Waals surface area contributed by atoms with Gasteiger partial charge in [-0.2, -0.15) is 0 Å². The van der Waals surface area contributed by atoms with Crippen LogP contribution in [0, 0.1) is 27.7 Å². The third-order valence-corrected chi connectivity index (χ3v) is 5.59. The summed E-state index contributed by atoms with van der Waals surface area (Å²) in [7, 11) is 0. The van der Waals surface area contributed by atoms with E-state index in [2.05, 4.69) is 5.32 Å². The minimum absolute atomic E-state index is 0.244. The average Bonchev–Trinajstić information content (AvgIpc) is 2.96. The second kappa shape index (κ2) is 7.26.